The fourth-order valence-corrected chi connectivity index (χ4v) is 2.14. The molecule has 1 N–H and O–H groups in total. The first-order valence-corrected chi connectivity index (χ1v) is 5.99. The lowest BCUT2D eigenvalue weighted by molar-refractivity contribution is 0.395. The number of aromatic nitrogens is 3. The van der Waals surface area contributed by atoms with E-state index in [0.717, 1.165) is 23.2 Å². The number of nitrogens with zero attached hydrogens (tertiary/aromatic N) is 3. The summed E-state index contributed by atoms with van der Waals surface area (Å²) >= 11 is 0. The first-order chi connectivity index (χ1) is 8.55. The van der Waals surface area contributed by atoms with Gasteiger partial charge in [-0.25, -0.2) is 0 Å². The van der Waals surface area contributed by atoms with E-state index in [0.29, 0.717) is 0 Å². The lowest BCUT2D eigenvalue weighted by Gasteiger charge is -2.25. The number of fused-ring (bicyclic) bond motifs is 1. The molecule has 1 aromatic carbocycles. The molecule has 1 aliphatic carbocycles. The number of aliphatic hydroxyl groups excluding tert-OH is 1. The van der Waals surface area contributed by atoms with Crippen molar-refractivity contribution in [2.24, 2.45) is 5.41 Å². The average molecular weight is 241 g/mol. The van der Waals surface area contributed by atoms with E-state index < -0.39 is 0 Å². The summed E-state index contributed by atoms with van der Waals surface area (Å²) in [6.07, 6.45) is 4.46. The van der Waals surface area contributed by atoms with Crippen molar-refractivity contribution >= 4 is 16.7 Å². The Morgan fingerprint density at radius 2 is 1.78 bits per heavy atom. The van der Waals surface area contributed by atoms with Gasteiger partial charge in [-0.2, -0.15) is 4.80 Å². The molecule has 4 heteroatoms. The molecule has 2 aromatic rings. The number of allylic oxidation sites excluding steroid dienone is 3. The number of aliphatic hydroxyl groups is 1. The molecular formula is C14H15N3O. The van der Waals surface area contributed by atoms with Crippen LogP contribution in [0.1, 0.15) is 20.3 Å². The number of benzene rings is 1. The number of hydrogen-bond acceptors (Lipinski definition) is 3. The van der Waals surface area contributed by atoms with Crippen LogP contribution in [0.25, 0.3) is 16.7 Å². The Bertz CT molecular complexity index is 631. The highest BCUT2D eigenvalue weighted by Crippen LogP contribution is 2.34. The molecule has 3 rings (SSSR count). The summed E-state index contributed by atoms with van der Waals surface area (Å²) in [5.74, 6) is 0.245. The summed E-state index contributed by atoms with van der Waals surface area (Å²) in [6.45, 7) is 4.25. The van der Waals surface area contributed by atoms with Gasteiger partial charge < -0.3 is 5.11 Å². The van der Waals surface area contributed by atoms with E-state index in [1.807, 2.05) is 30.3 Å². The molecule has 1 aliphatic rings. The van der Waals surface area contributed by atoms with Crippen molar-refractivity contribution in [2.45, 2.75) is 20.3 Å². The second-order valence-corrected chi connectivity index (χ2v) is 5.31. The molecule has 0 saturated heterocycles. The van der Waals surface area contributed by atoms with Crippen LogP contribution >= 0.6 is 0 Å². The number of rotatable bonds is 1. The molecule has 0 fully saturated rings. The summed E-state index contributed by atoms with van der Waals surface area (Å²) in [7, 11) is 0. The molecule has 4 nitrogen and oxygen atoms in total. The monoisotopic (exact) mass is 241 g/mol. The minimum Gasteiger partial charge on any atom is -0.506 e. The van der Waals surface area contributed by atoms with E-state index in [1.165, 1.54) is 0 Å². The molecule has 0 atom stereocenters. The van der Waals surface area contributed by atoms with Gasteiger partial charge in [0.2, 0.25) is 0 Å². The van der Waals surface area contributed by atoms with Crippen LogP contribution in [0.15, 0.2) is 42.2 Å². The Kier molecular flexibility index (Phi) is 2.26. The van der Waals surface area contributed by atoms with Crippen LogP contribution in [-0.2, 0) is 0 Å². The van der Waals surface area contributed by atoms with Gasteiger partial charge in [0.05, 0.1) is 0 Å². The van der Waals surface area contributed by atoms with Crippen LogP contribution in [0.5, 0.6) is 0 Å². The standard InChI is InChI=1S/C14H15N3O/c1-14(2)8-7-13(18)12(9-14)17-15-10-5-3-4-6-11(10)16-17/h3-8,18H,9H2,1-2H3. The topological polar surface area (TPSA) is 50.9 Å². The molecule has 18 heavy (non-hydrogen) atoms. The van der Waals surface area contributed by atoms with Crippen molar-refractivity contribution in [1.29, 1.82) is 0 Å². The van der Waals surface area contributed by atoms with Gasteiger partial charge in [-0.15, -0.1) is 10.2 Å². The third-order valence-corrected chi connectivity index (χ3v) is 3.14. The van der Waals surface area contributed by atoms with Gasteiger partial charge in [0, 0.05) is 6.42 Å². The highest BCUT2D eigenvalue weighted by atomic mass is 16.3. The minimum absolute atomic E-state index is 0.0153. The van der Waals surface area contributed by atoms with Crippen molar-refractivity contribution in [3.8, 4) is 0 Å². The fraction of sp³-hybridized carbons (Fsp3) is 0.286. The fourth-order valence-electron chi connectivity index (χ4n) is 2.14. The van der Waals surface area contributed by atoms with Gasteiger partial charge in [0.25, 0.3) is 0 Å². The third kappa shape index (κ3) is 1.79. The smallest absolute Gasteiger partial charge is 0.138 e. The Hall–Kier alpha value is -2.10. The maximum Gasteiger partial charge on any atom is 0.138 e. The molecule has 1 heterocycles. The van der Waals surface area contributed by atoms with Crippen LogP contribution in [0, 0.1) is 5.41 Å². The number of hydrogen-bond donors (Lipinski definition) is 1. The SMILES string of the molecule is CC1(C)C=CC(O)=C(n2nc3ccccc3n2)C1. The Morgan fingerprint density at radius 3 is 2.39 bits per heavy atom. The molecule has 0 aliphatic heterocycles. The highest BCUT2D eigenvalue weighted by molar-refractivity contribution is 5.74. The van der Waals surface area contributed by atoms with Crippen molar-refractivity contribution in [1.82, 2.24) is 15.0 Å². The second kappa shape index (κ2) is 3.70. The quantitative estimate of drug-likeness (QED) is 0.834. The van der Waals surface area contributed by atoms with Crippen molar-refractivity contribution in [3.05, 3.63) is 42.2 Å². The summed E-state index contributed by atoms with van der Waals surface area (Å²) in [6, 6.07) is 7.70. The van der Waals surface area contributed by atoms with Gasteiger partial charge in [0.15, 0.2) is 0 Å². The summed E-state index contributed by atoms with van der Waals surface area (Å²) in [4.78, 5) is 1.55. The average Bonchev–Trinajstić information content (AvgIpc) is 2.76. The molecule has 0 bridgehead atoms. The summed E-state index contributed by atoms with van der Waals surface area (Å²) in [5, 5.41) is 18.8. The Labute approximate surface area is 105 Å². The zero-order valence-electron chi connectivity index (χ0n) is 10.5. The maximum atomic E-state index is 9.97. The predicted molar refractivity (Wildman–Crippen MR) is 70.9 cm³/mol. The normalized spacial score (nSPS) is 18.6. The van der Waals surface area contributed by atoms with E-state index in [4.69, 9.17) is 0 Å². The van der Waals surface area contributed by atoms with E-state index in [-0.39, 0.29) is 11.2 Å². The van der Waals surface area contributed by atoms with Gasteiger partial charge >= 0.3 is 0 Å². The van der Waals surface area contributed by atoms with Crippen LogP contribution in [0.4, 0.5) is 0 Å². The van der Waals surface area contributed by atoms with Crippen molar-refractivity contribution in [2.75, 3.05) is 0 Å². The molecule has 1 aromatic heterocycles. The molecule has 0 unspecified atom stereocenters. The minimum atomic E-state index is 0.0153. The highest BCUT2D eigenvalue weighted by Gasteiger charge is 2.25. The van der Waals surface area contributed by atoms with Crippen LogP contribution in [0.3, 0.4) is 0 Å². The second-order valence-electron chi connectivity index (χ2n) is 5.31. The van der Waals surface area contributed by atoms with E-state index in [1.54, 1.807) is 10.9 Å². The molecule has 0 radical (unpaired) electrons. The molecule has 92 valence electrons. The van der Waals surface area contributed by atoms with Crippen molar-refractivity contribution in [3.63, 3.8) is 0 Å². The first-order valence-electron chi connectivity index (χ1n) is 5.99. The predicted octanol–water partition coefficient (Wildman–Crippen LogP) is 3.14. The van der Waals surface area contributed by atoms with Crippen LogP contribution < -0.4 is 0 Å². The molecule has 0 spiro atoms. The molecule has 0 amide bonds. The van der Waals surface area contributed by atoms with E-state index in [2.05, 4.69) is 24.0 Å². The Balaban J connectivity index is 2.11. The summed E-state index contributed by atoms with van der Waals surface area (Å²) < 4.78 is 0. The van der Waals surface area contributed by atoms with Gasteiger partial charge in [0.1, 0.15) is 22.5 Å². The lowest BCUT2D eigenvalue weighted by atomic mass is 9.84. The maximum absolute atomic E-state index is 9.97. The first kappa shape index (κ1) is 11.0. The molecular weight excluding hydrogens is 226 g/mol. The van der Waals surface area contributed by atoms with E-state index >= 15 is 0 Å². The molecule has 0 saturated carbocycles. The largest absolute Gasteiger partial charge is 0.506 e. The van der Waals surface area contributed by atoms with Crippen molar-refractivity contribution < 1.29 is 5.11 Å². The van der Waals surface area contributed by atoms with Crippen LogP contribution in [-0.4, -0.2) is 20.1 Å². The van der Waals surface area contributed by atoms with Gasteiger partial charge in [-0.1, -0.05) is 32.1 Å². The third-order valence-electron chi connectivity index (χ3n) is 3.14. The van der Waals surface area contributed by atoms with Crippen LogP contribution in [0.2, 0.25) is 0 Å². The van der Waals surface area contributed by atoms with Gasteiger partial charge in [-0.3, -0.25) is 0 Å². The zero-order valence-corrected chi connectivity index (χ0v) is 10.5. The summed E-state index contributed by atoms with van der Waals surface area (Å²) in [5.41, 5.74) is 2.44. The zero-order chi connectivity index (χ0) is 12.8. The van der Waals surface area contributed by atoms with E-state index in [9.17, 15) is 5.11 Å². The van der Waals surface area contributed by atoms with Gasteiger partial charge in [-0.05, 0) is 23.6 Å². The lowest BCUT2D eigenvalue weighted by Crippen LogP contribution is -2.17. The Morgan fingerprint density at radius 1 is 1.17 bits per heavy atom.